The topological polar surface area (TPSA) is 58.1 Å². The van der Waals surface area contributed by atoms with Crippen LogP contribution < -0.4 is 5.32 Å². The van der Waals surface area contributed by atoms with Gasteiger partial charge in [-0.25, -0.2) is 9.97 Å². The van der Waals surface area contributed by atoms with Gasteiger partial charge in [0.15, 0.2) is 0 Å². The van der Waals surface area contributed by atoms with Gasteiger partial charge in [-0.15, -0.1) is 23.7 Å². The van der Waals surface area contributed by atoms with E-state index in [4.69, 9.17) is 0 Å². The molecule has 0 saturated carbocycles. The number of amides is 1. The molecule has 2 aromatic heterocycles. The second-order valence-electron chi connectivity index (χ2n) is 6.50. The van der Waals surface area contributed by atoms with Gasteiger partial charge in [0, 0.05) is 22.8 Å². The monoisotopic (exact) mass is 414 g/mol. The highest BCUT2D eigenvalue weighted by Crippen LogP contribution is 2.34. The van der Waals surface area contributed by atoms with E-state index < -0.39 is 0 Å². The Balaban J connectivity index is 0.00000243. The van der Waals surface area contributed by atoms with Crippen LogP contribution in [0.5, 0.6) is 0 Å². The summed E-state index contributed by atoms with van der Waals surface area (Å²) in [5.41, 5.74) is 1.24. The lowest BCUT2D eigenvalue weighted by Gasteiger charge is -2.34. The van der Waals surface area contributed by atoms with Crippen LogP contribution >= 0.6 is 35.5 Å². The Morgan fingerprint density at radius 3 is 2.77 bits per heavy atom. The van der Waals surface area contributed by atoms with Crippen molar-refractivity contribution in [2.24, 2.45) is 0 Å². The van der Waals surface area contributed by atoms with Crippen LogP contribution in [0.25, 0.3) is 10.2 Å². The van der Waals surface area contributed by atoms with Crippen LogP contribution in [0.3, 0.4) is 0 Å². The minimum Gasteiger partial charge on any atom is -0.339 e. The molecule has 0 bridgehead atoms. The summed E-state index contributed by atoms with van der Waals surface area (Å²) in [7, 11) is 0. The first-order chi connectivity index (χ1) is 12.1. The third-order valence-corrected chi connectivity index (χ3v) is 6.89. The largest absolute Gasteiger partial charge is 0.339 e. The lowest BCUT2D eigenvalue weighted by atomic mass is 10.0. The molecule has 1 aliphatic heterocycles. The van der Waals surface area contributed by atoms with E-state index in [2.05, 4.69) is 41.0 Å². The molecule has 3 rings (SSSR count). The van der Waals surface area contributed by atoms with Gasteiger partial charge in [-0.2, -0.15) is 0 Å². The fraction of sp³-hybridized carbons (Fsp3) is 0.611. The minimum absolute atomic E-state index is 0. The lowest BCUT2D eigenvalue weighted by Crippen LogP contribution is -2.47. The van der Waals surface area contributed by atoms with E-state index in [1.807, 2.05) is 0 Å². The molecule has 26 heavy (non-hydrogen) atoms. The number of hydrogen-bond donors (Lipinski definition) is 1. The third kappa shape index (κ3) is 4.68. The SMILES string of the molecule is CCCN(C(=O)CSc1ncnc2sc(C)c(C)c12)C1CCNCC1.Cl. The van der Waals surface area contributed by atoms with Gasteiger partial charge in [0.2, 0.25) is 5.91 Å². The molecule has 1 N–H and O–H groups in total. The van der Waals surface area contributed by atoms with Crippen molar-refractivity contribution >= 4 is 51.6 Å². The summed E-state index contributed by atoms with van der Waals surface area (Å²) in [6.45, 7) is 9.22. The van der Waals surface area contributed by atoms with Crippen LogP contribution in [0.15, 0.2) is 11.4 Å². The Hall–Kier alpha value is -0.890. The number of carbonyl (C=O) groups is 1. The molecule has 0 radical (unpaired) electrons. The van der Waals surface area contributed by atoms with E-state index in [-0.39, 0.29) is 18.3 Å². The summed E-state index contributed by atoms with van der Waals surface area (Å²) in [4.78, 5) is 26.1. The number of nitrogens with zero attached hydrogens (tertiary/aromatic N) is 3. The van der Waals surface area contributed by atoms with E-state index in [9.17, 15) is 4.79 Å². The van der Waals surface area contributed by atoms with Gasteiger partial charge in [0.05, 0.1) is 5.75 Å². The van der Waals surface area contributed by atoms with E-state index >= 15 is 0 Å². The van der Waals surface area contributed by atoms with Gasteiger partial charge < -0.3 is 10.2 Å². The highest BCUT2D eigenvalue weighted by molar-refractivity contribution is 8.00. The van der Waals surface area contributed by atoms with Crippen molar-refractivity contribution in [2.45, 2.75) is 51.1 Å². The Kier molecular flexibility index (Phi) is 8.13. The van der Waals surface area contributed by atoms with Gasteiger partial charge in [0.25, 0.3) is 0 Å². The van der Waals surface area contributed by atoms with Gasteiger partial charge >= 0.3 is 0 Å². The van der Waals surface area contributed by atoms with Crippen molar-refractivity contribution in [2.75, 3.05) is 25.4 Å². The van der Waals surface area contributed by atoms with E-state index in [0.29, 0.717) is 11.8 Å². The molecule has 3 heterocycles. The molecule has 0 unspecified atom stereocenters. The number of aryl methyl sites for hydroxylation is 2. The fourth-order valence-electron chi connectivity index (χ4n) is 3.34. The van der Waals surface area contributed by atoms with Gasteiger partial charge in [-0.05, 0) is 51.8 Å². The Morgan fingerprint density at radius 2 is 2.08 bits per heavy atom. The van der Waals surface area contributed by atoms with Crippen LogP contribution in [0.2, 0.25) is 0 Å². The standard InChI is InChI=1S/C18H26N4OS2.ClH/c1-4-9-22(14-5-7-19-8-6-14)15(23)10-24-17-16-12(2)13(3)25-18(16)21-11-20-17;/h11,14,19H,4-10H2,1-3H3;1H. The van der Waals surface area contributed by atoms with Crippen molar-refractivity contribution in [3.8, 4) is 0 Å². The zero-order valence-electron chi connectivity index (χ0n) is 15.6. The van der Waals surface area contributed by atoms with Crippen LogP contribution in [-0.2, 0) is 4.79 Å². The number of rotatable bonds is 6. The van der Waals surface area contributed by atoms with Gasteiger partial charge in [-0.1, -0.05) is 18.7 Å². The predicted octanol–water partition coefficient (Wildman–Crippen LogP) is 3.81. The number of nitrogens with one attached hydrogen (secondary N) is 1. The van der Waals surface area contributed by atoms with E-state index in [1.165, 1.54) is 10.4 Å². The summed E-state index contributed by atoms with van der Waals surface area (Å²) in [5, 5.41) is 5.43. The normalized spacial score (nSPS) is 15.0. The number of piperidine rings is 1. The molecule has 2 aromatic rings. The number of halogens is 1. The smallest absolute Gasteiger partial charge is 0.233 e. The first kappa shape index (κ1) is 21.4. The Labute approximate surface area is 169 Å². The van der Waals surface area contributed by atoms with Crippen molar-refractivity contribution < 1.29 is 4.79 Å². The Morgan fingerprint density at radius 1 is 1.35 bits per heavy atom. The van der Waals surface area contributed by atoms with Crippen LogP contribution in [-0.4, -0.2) is 52.2 Å². The Bertz CT molecular complexity index is 746. The zero-order chi connectivity index (χ0) is 17.8. The molecule has 1 fully saturated rings. The second-order valence-corrected chi connectivity index (χ2v) is 8.67. The maximum Gasteiger partial charge on any atom is 0.233 e. The summed E-state index contributed by atoms with van der Waals surface area (Å²) in [6.07, 6.45) is 4.72. The minimum atomic E-state index is 0. The summed E-state index contributed by atoms with van der Waals surface area (Å²) in [5.74, 6) is 0.680. The van der Waals surface area contributed by atoms with E-state index in [1.54, 1.807) is 29.4 Å². The van der Waals surface area contributed by atoms with Crippen molar-refractivity contribution in [1.29, 1.82) is 0 Å². The molecule has 8 heteroatoms. The summed E-state index contributed by atoms with van der Waals surface area (Å²) < 4.78 is 0. The highest BCUT2D eigenvalue weighted by Gasteiger charge is 2.25. The molecule has 144 valence electrons. The number of fused-ring (bicyclic) bond motifs is 1. The summed E-state index contributed by atoms with van der Waals surface area (Å²) >= 11 is 3.25. The maximum atomic E-state index is 12.9. The number of thiophene rings is 1. The second kappa shape index (κ2) is 9.88. The molecule has 1 amide bonds. The molecule has 0 aromatic carbocycles. The summed E-state index contributed by atoms with van der Waals surface area (Å²) in [6, 6.07) is 0.379. The zero-order valence-corrected chi connectivity index (χ0v) is 18.0. The maximum absolute atomic E-state index is 12.9. The molecule has 1 saturated heterocycles. The van der Waals surface area contributed by atoms with Crippen molar-refractivity contribution in [1.82, 2.24) is 20.2 Å². The number of aromatic nitrogens is 2. The first-order valence-corrected chi connectivity index (χ1v) is 10.8. The third-order valence-electron chi connectivity index (χ3n) is 4.80. The van der Waals surface area contributed by atoms with Gasteiger partial charge in [-0.3, -0.25) is 4.79 Å². The average Bonchev–Trinajstić information content (AvgIpc) is 2.93. The van der Waals surface area contributed by atoms with Gasteiger partial charge in [0.1, 0.15) is 16.2 Å². The molecule has 0 atom stereocenters. The number of carbonyl (C=O) groups excluding carboxylic acids is 1. The van der Waals surface area contributed by atoms with Crippen LogP contribution in [0.1, 0.15) is 36.6 Å². The molecular weight excluding hydrogens is 388 g/mol. The van der Waals surface area contributed by atoms with Crippen LogP contribution in [0.4, 0.5) is 0 Å². The number of thioether (sulfide) groups is 1. The van der Waals surface area contributed by atoms with Crippen molar-refractivity contribution in [3.63, 3.8) is 0 Å². The lowest BCUT2D eigenvalue weighted by molar-refractivity contribution is -0.131. The highest BCUT2D eigenvalue weighted by atomic mass is 35.5. The van der Waals surface area contributed by atoms with E-state index in [0.717, 1.165) is 54.1 Å². The van der Waals surface area contributed by atoms with Crippen molar-refractivity contribution in [3.05, 3.63) is 16.8 Å². The number of hydrogen-bond acceptors (Lipinski definition) is 6. The average molecular weight is 415 g/mol. The quantitative estimate of drug-likeness (QED) is 0.575. The molecule has 5 nitrogen and oxygen atoms in total. The molecule has 0 spiro atoms. The molecule has 1 aliphatic rings. The molecular formula is C18H27ClN4OS2. The predicted molar refractivity (Wildman–Crippen MR) is 113 cm³/mol. The molecule has 0 aliphatic carbocycles. The first-order valence-electron chi connectivity index (χ1n) is 8.95. The fourth-order valence-corrected chi connectivity index (χ4v) is 5.35. The van der Waals surface area contributed by atoms with Crippen LogP contribution in [0, 0.1) is 13.8 Å².